The number of benzene rings is 3. The van der Waals surface area contributed by atoms with Crippen LogP contribution in [0.25, 0.3) is 0 Å². The Balaban J connectivity index is 2.07. The van der Waals surface area contributed by atoms with Crippen LogP contribution < -0.4 is 4.74 Å². The first-order chi connectivity index (χ1) is 16.5. The third kappa shape index (κ3) is 7.32. The molecule has 184 valence electrons. The van der Waals surface area contributed by atoms with Crippen LogP contribution in [0.5, 0.6) is 5.75 Å². The third-order valence-corrected chi connectivity index (χ3v) is 6.46. The number of ether oxygens (including phenoxy) is 2. The van der Waals surface area contributed by atoms with Crippen LogP contribution in [0.2, 0.25) is 19.6 Å². The van der Waals surface area contributed by atoms with Gasteiger partial charge in [0.15, 0.2) is 13.9 Å². The zero-order valence-corrected chi connectivity index (χ0v) is 23.1. The van der Waals surface area contributed by atoms with Crippen molar-refractivity contribution >= 4 is 8.32 Å². The van der Waals surface area contributed by atoms with Crippen molar-refractivity contribution in [3.8, 4) is 17.6 Å². The molecule has 0 amide bonds. The Morgan fingerprint density at radius 3 is 1.86 bits per heavy atom. The van der Waals surface area contributed by atoms with Crippen LogP contribution in [0.15, 0.2) is 84.9 Å². The van der Waals surface area contributed by atoms with E-state index in [0.29, 0.717) is 6.61 Å². The van der Waals surface area contributed by atoms with Crippen LogP contribution in [0, 0.1) is 17.3 Å². The molecule has 3 nitrogen and oxygen atoms in total. The van der Waals surface area contributed by atoms with Crippen molar-refractivity contribution in [1.29, 1.82) is 0 Å². The minimum Gasteiger partial charge on any atom is -0.497 e. The number of rotatable bonds is 8. The van der Waals surface area contributed by atoms with Crippen LogP contribution in [0.3, 0.4) is 0 Å². The first-order valence-corrected chi connectivity index (χ1v) is 15.5. The summed E-state index contributed by atoms with van der Waals surface area (Å²) < 4.78 is 18.7. The molecule has 4 heteroatoms. The lowest BCUT2D eigenvalue weighted by molar-refractivity contribution is 0.0100. The summed E-state index contributed by atoms with van der Waals surface area (Å²) in [6.45, 7) is 13.5. The highest BCUT2D eigenvalue weighted by molar-refractivity contribution is 6.69. The summed E-state index contributed by atoms with van der Waals surface area (Å²) in [5, 5.41) is 0. The van der Waals surface area contributed by atoms with Crippen molar-refractivity contribution in [3.63, 3.8) is 0 Å². The van der Waals surface area contributed by atoms with Gasteiger partial charge in [0.25, 0.3) is 0 Å². The summed E-state index contributed by atoms with van der Waals surface area (Å²) in [5.41, 5.74) is 2.04. The van der Waals surface area contributed by atoms with Crippen molar-refractivity contribution in [3.05, 3.63) is 102 Å². The summed E-state index contributed by atoms with van der Waals surface area (Å²) in [6, 6.07) is 28.6. The molecule has 0 saturated heterocycles. The molecule has 0 radical (unpaired) electrons. The van der Waals surface area contributed by atoms with Crippen molar-refractivity contribution in [2.45, 2.75) is 58.7 Å². The summed E-state index contributed by atoms with van der Waals surface area (Å²) in [5.74, 6) is 7.93. The smallest absolute Gasteiger partial charge is 0.186 e. The lowest BCUT2D eigenvalue weighted by atomic mass is 9.84. The molecule has 1 atom stereocenters. The van der Waals surface area contributed by atoms with Crippen molar-refractivity contribution in [2.75, 3.05) is 7.11 Å². The first kappa shape index (κ1) is 26.8. The van der Waals surface area contributed by atoms with Gasteiger partial charge in [0.05, 0.1) is 13.7 Å². The molecular formula is C31H38O3Si. The van der Waals surface area contributed by atoms with Gasteiger partial charge in [-0.05, 0) is 53.9 Å². The standard InChI is InChI=1S/C31H38O3Si/c1-30(2,3)29(33-24-25-15-14-20-28(23-25)32-4)21-22-31(34-35(5,6)7,26-16-10-8-11-17-26)27-18-12-9-13-19-27/h8-20,23,29H,24H2,1-7H3. The normalized spacial score (nSPS) is 13.0. The fraction of sp³-hybridized carbons (Fsp3) is 0.355. The topological polar surface area (TPSA) is 27.7 Å². The Morgan fingerprint density at radius 1 is 0.800 bits per heavy atom. The monoisotopic (exact) mass is 486 g/mol. The van der Waals surface area contributed by atoms with E-state index in [1.54, 1.807) is 7.11 Å². The number of hydrogen-bond donors (Lipinski definition) is 0. The highest BCUT2D eigenvalue weighted by Crippen LogP contribution is 2.37. The molecule has 0 heterocycles. The zero-order valence-electron chi connectivity index (χ0n) is 22.1. The number of methoxy groups -OCH3 is 1. The third-order valence-electron chi connectivity index (χ3n) is 5.54. The molecule has 0 spiro atoms. The summed E-state index contributed by atoms with van der Waals surface area (Å²) in [7, 11) is -0.340. The van der Waals surface area contributed by atoms with Crippen LogP contribution in [-0.2, 0) is 21.4 Å². The molecule has 0 fully saturated rings. The molecule has 3 rings (SSSR count). The highest BCUT2D eigenvalue weighted by atomic mass is 28.4. The van der Waals surface area contributed by atoms with Gasteiger partial charge in [-0.2, -0.15) is 0 Å². The molecule has 0 saturated carbocycles. The fourth-order valence-corrected chi connectivity index (χ4v) is 5.08. The van der Waals surface area contributed by atoms with Gasteiger partial charge < -0.3 is 13.9 Å². The minimum atomic E-state index is -2.02. The van der Waals surface area contributed by atoms with Crippen molar-refractivity contribution in [1.82, 2.24) is 0 Å². The highest BCUT2D eigenvalue weighted by Gasteiger charge is 2.38. The minimum absolute atomic E-state index is 0.190. The summed E-state index contributed by atoms with van der Waals surface area (Å²) in [4.78, 5) is 0. The maximum atomic E-state index is 6.95. The Hall–Kier alpha value is -2.84. The van der Waals surface area contributed by atoms with Gasteiger partial charge in [0, 0.05) is 0 Å². The zero-order chi connectivity index (χ0) is 25.5. The first-order valence-electron chi connectivity index (χ1n) is 12.1. The van der Waals surface area contributed by atoms with E-state index in [1.165, 1.54) is 0 Å². The largest absolute Gasteiger partial charge is 0.497 e. The van der Waals surface area contributed by atoms with Crippen LogP contribution in [0.1, 0.15) is 37.5 Å². The molecule has 0 aliphatic carbocycles. The van der Waals surface area contributed by atoms with Gasteiger partial charge in [-0.25, -0.2) is 0 Å². The second kappa shape index (κ2) is 11.3. The molecule has 35 heavy (non-hydrogen) atoms. The molecule has 0 aliphatic rings. The average Bonchev–Trinajstić information content (AvgIpc) is 2.83. The predicted molar refractivity (Wildman–Crippen MR) is 147 cm³/mol. The molecular weight excluding hydrogens is 448 g/mol. The van der Waals surface area contributed by atoms with Gasteiger partial charge in [0.2, 0.25) is 0 Å². The van der Waals surface area contributed by atoms with Crippen molar-refractivity contribution in [2.24, 2.45) is 5.41 Å². The van der Waals surface area contributed by atoms with E-state index in [-0.39, 0.29) is 11.5 Å². The quantitative estimate of drug-likeness (QED) is 0.245. The Morgan fingerprint density at radius 2 is 1.37 bits per heavy atom. The van der Waals surface area contributed by atoms with Gasteiger partial charge in [-0.1, -0.05) is 105 Å². The lowest BCUT2D eigenvalue weighted by Crippen LogP contribution is -2.41. The Kier molecular flexibility index (Phi) is 8.61. The Bertz CT molecular complexity index is 1090. The van der Waals surface area contributed by atoms with Gasteiger partial charge >= 0.3 is 0 Å². The van der Waals surface area contributed by atoms with Crippen LogP contribution >= 0.6 is 0 Å². The Labute approximate surface area is 212 Å². The molecule has 1 unspecified atom stereocenters. The lowest BCUT2D eigenvalue weighted by Gasteiger charge is -2.37. The van der Waals surface area contributed by atoms with Crippen LogP contribution in [-0.4, -0.2) is 21.5 Å². The fourth-order valence-electron chi connectivity index (χ4n) is 3.88. The second-order valence-corrected chi connectivity index (χ2v) is 15.2. The second-order valence-electron chi connectivity index (χ2n) is 10.8. The van der Waals surface area contributed by atoms with Gasteiger partial charge in [0.1, 0.15) is 11.9 Å². The molecule has 0 N–H and O–H groups in total. The molecule has 3 aromatic carbocycles. The van der Waals surface area contributed by atoms with E-state index in [0.717, 1.165) is 22.4 Å². The molecule has 0 aromatic heterocycles. The predicted octanol–water partition coefficient (Wildman–Crippen LogP) is 7.43. The maximum Gasteiger partial charge on any atom is 0.186 e. The van der Waals surface area contributed by atoms with E-state index in [1.807, 2.05) is 60.7 Å². The average molecular weight is 487 g/mol. The summed E-state index contributed by atoms with van der Waals surface area (Å²) >= 11 is 0. The number of hydrogen-bond acceptors (Lipinski definition) is 3. The van der Waals surface area contributed by atoms with Crippen LogP contribution in [0.4, 0.5) is 0 Å². The SMILES string of the molecule is COc1cccc(COC(C#CC(O[Si](C)(C)C)(c2ccccc2)c2ccccc2)C(C)(C)C)c1. The van der Waals surface area contributed by atoms with E-state index >= 15 is 0 Å². The van der Waals surface area contributed by atoms with Gasteiger partial charge in [-0.15, -0.1) is 0 Å². The van der Waals surface area contributed by atoms with Gasteiger partial charge in [-0.3, -0.25) is 0 Å². The van der Waals surface area contributed by atoms with E-state index < -0.39 is 13.9 Å². The maximum absolute atomic E-state index is 6.95. The van der Waals surface area contributed by atoms with E-state index in [4.69, 9.17) is 13.9 Å². The van der Waals surface area contributed by atoms with Crippen molar-refractivity contribution < 1.29 is 13.9 Å². The molecule has 3 aromatic rings. The molecule has 0 bridgehead atoms. The van der Waals surface area contributed by atoms with E-state index in [2.05, 4.69) is 76.5 Å². The molecule has 0 aliphatic heterocycles. The summed E-state index contributed by atoms with van der Waals surface area (Å²) in [6.07, 6.45) is -0.300. The van der Waals surface area contributed by atoms with E-state index in [9.17, 15) is 0 Å².